The van der Waals surface area contributed by atoms with Gasteiger partial charge in [0, 0.05) is 5.92 Å². The van der Waals surface area contributed by atoms with Crippen molar-refractivity contribution in [1.82, 2.24) is 0 Å². The van der Waals surface area contributed by atoms with Crippen LogP contribution in [0.1, 0.15) is 67.2 Å². The minimum atomic E-state index is -2.14. The minimum absolute atomic E-state index is 0.230. The molecule has 0 heterocycles. The van der Waals surface area contributed by atoms with Crippen molar-refractivity contribution in [3.05, 3.63) is 0 Å². The van der Waals surface area contributed by atoms with Crippen molar-refractivity contribution in [3.63, 3.8) is 0 Å². The van der Waals surface area contributed by atoms with Crippen molar-refractivity contribution in [3.8, 4) is 0 Å². The van der Waals surface area contributed by atoms with Crippen molar-refractivity contribution in [2.75, 3.05) is 0 Å². The predicted molar refractivity (Wildman–Crippen MR) is 95.9 cm³/mol. The van der Waals surface area contributed by atoms with Crippen LogP contribution in [0.15, 0.2) is 0 Å². The lowest BCUT2D eigenvalue weighted by atomic mass is 9.78. The van der Waals surface area contributed by atoms with E-state index in [1.165, 1.54) is 0 Å². The molecule has 0 aromatic heterocycles. The van der Waals surface area contributed by atoms with Gasteiger partial charge in [0.05, 0.1) is 12.0 Å². The number of hydrogen-bond acceptors (Lipinski definition) is 5. The molecule has 0 radical (unpaired) electrons. The third-order valence-electron chi connectivity index (χ3n) is 5.23. The zero-order valence-electron chi connectivity index (χ0n) is 16.4. The van der Waals surface area contributed by atoms with Crippen LogP contribution >= 0.6 is 0 Å². The Bertz CT molecular complexity index is 508. The molecule has 0 spiro atoms. The zero-order chi connectivity index (χ0) is 19.5. The topological polar surface area (TPSA) is 91.7 Å². The lowest BCUT2D eigenvalue weighted by Crippen LogP contribution is -2.52. The van der Waals surface area contributed by atoms with Gasteiger partial charge in [0.1, 0.15) is 5.92 Å². The fraction of sp³-hybridized carbons (Fsp3) is 0.850. The molecule has 1 rings (SSSR count). The molecule has 0 aromatic rings. The van der Waals surface area contributed by atoms with Crippen LogP contribution in [-0.4, -0.2) is 39.3 Å². The van der Waals surface area contributed by atoms with E-state index in [0.29, 0.717) is 31.1 Å². The van der Waals surface area contributed by atoms with E-state index < -0.39 is 46.8 Å². The summed E-state index contributed by atoms with van der Waals surface area (Å²) < 4.78 is 0. The highest BCUT2D eigenvalue weighted by molar-refractivity contribution is 6.27. The maximum absolute atomic E-state index is 12.9. The molecule has 2 unspecified atom stereocenters. The minimum Gasteiger partial charge on any atom is -0.390 e. The van der Waals surface area contributed by atoms with Gasteiger partial charge in [0.15, 0.2) is 23.0 Å². The van der Waals surface area contributed by atoms with Gasteiger partial charge >= 0.3 is 0 Å². The van der Waals surface area contributed by atoms with Gasteiger partial charge in [-0.15, -0.1) is 0 Å². The Morgan fingerprint density at radius 3 is 1.96 bits per heavy atom. The summed E-state index contributed by atoms with van der Waals surface area (Å²) >= 11 is 0. The second-order valence-corrected chi connectivity index (χ2v) is 8.59. The Balaban J connectivity index is 3.20. The lowest BCUT2D eigenvalue weighted by molar-refractivity contribution is -0.158. The number of ketones is 3. The van der Waals surface area contributed by atoms with E-state index in [9.17, 15) is 24.6 Å². The number of Topliss-reactive ketones (excluding diaryl/α,β-unsaturated/α-hetero) is 3. The smallest absolute Gasteiger partial charge is 0.185 e. The van der Waals surface area contributed by atoms with Gasteiger partial charge in [-0.05, 0) is 31.1 Å². The van der Waals surface area contributed by atoms with E-state index in [-0.39, 0.29) is 6.42 Å². The molecule has 0 amide bonds. The largest absolute Gasteiger partial charge is 0.390 e. The molecule has 1 fully saturated rings. The summed E-state index contributed by atoms with van der Waals surface area (Å²) in [6.45, 7) is 11.2. The molecule has 0 aliphatic heterocycles. The van der Waals surface area contributed by atoms with Gasteiger partial charge in [-0.2, -0.15) is 0 Å². The number of rotatable bonds is 9. The Hall–Kier alpha value is -1.07. The fourth-order valence-corrected chi connectivity index (χ4v) is 3.52. The first-order chi connectivity index (χ1) is 11.4. The summed E-state index contributed by atoms with van der Waals surface area (Å²) in [6, 6.07) is 0. The Morgan fingerprint density at radius 2 is 1.52 bits per heavy atom. The van der Waals surface area contributed by atoms with Crippen molar-refractivity contribution in [2.45, 2.75) is 78.9 Å². The highest BCUT2D eigenvalue weighted by atomic mass is 16.4. The van der Waals surface area contributed by atoms with Crippen LogP contribution in [0.25, 0.3) is 0 Å². The molecular weight excluding hydrogens is 320 g/mol. The van der Waals surface area contributed by atoms with E-state index >= 15 is 0 Å². The summed E-state index contributed by atoms with van der Waals surface area (Å²) in [5.74, 6) is -4.10. The van der Waals surface area contributed by atoms with E-state index in [0.717, 1.165) is 0 Å². The van der Waals surface area contributed by atoms with Gasteiger partial charge in [-0.1, -0.05) is 48.0 Å². The Labute approximate surface area is 151 Å². The average molecular weight is 354 g/mol. The Kier molecular flexibility index (Phi) is 7.51. The fourth-order valence-electron chi connectivity index (χ4n) is 3.52. The first-order valence-electron chi connectivity index (χ1n) is 9.46. The van der Waals surface area contributed by atoms with Crippen molar-refractivity contribution in [1.29, 1.82) is 0 Å². The SMILES string of the molecule is CC(C)CCC(O)[C@]1(O)C(=O)C(C(=O)C(C)C)C(=O)[C@H]1CCC(C)C. The van der Waals surface area contributed by atoms with E-state index in [2.05, 4.69) is 0 Å². The molecule has 2 N–H and O–H groups in total. The third-order valence-corrected chi connectivity index (χ3v) is 5.23. The van der Waals surface area contributed by atoms with Gasteiger partial charge in [0.2, 0.25) is 0 Å². The highest BCUT2D eigenvalue weighted by Crippen LogP contribution is 2.42. The first-order valence-corrected chi connectivity index (χ1v) is 9.46. The quantitative estimate of drug-likeness (QED) is 0.621. The summed E-state index contributed by atoms with van der Waals surface area (Å²) in [4.78, 5) is 38.1. The molecule has 0 bridgehead atoms. The van der Waals surface area contributed by atoms with Crippen LogP contribution in [0, 0.1) is 29.6 Å². The number of hydrogen-bond donors (Lipinski definition) is 2. The van der Waals surface area contributed by atoms with Crippen molar-refractivity contribution < 1.29 is 24.6 Å². The van der Waals surface area contributed by atoms with Gasteiger partial charge < -0.3 is 10.2 Å². The third kappa shape index (κ3) is 4.56. The molecule has 4 atom stereocenters. The van der Waals surface area contributed by atoms with Crippen LogP contribution in [0.5, 0.6) is 0 Å². The summed E-state index contributed by atoms with van der Waals surface area (Å²) in [7, 11) is 0. The summed E-state index contributed by atoms with van der Waals surface area (Å²) in [6.07, 6.45) is 0.483. The first kappa shape index (κ1) is 22.0. The maximum Gasteiger partial charge on any atom is 0.185 e. The van der Waals surface area contributed by atoms with Gasteiger partial charge in [-0.3, -0.25) is 14.4 Å². The number of carbonyl (C=O) groups is 3. The molecule has 144 valence electrons. The average Bonchev–Trinajstić information content (AvgIpc) is 2.69. The van der Waals surface area contributed by atoms with Crippen molar-refractivity contribution in [2.24, 2.45) is 29.6 Å². The standard InChI is InChI=1S/C20H34O5/c1-11(2)7-9-14-18(23)16(17(22)13(5)6)19(24)20(14,25)15(21)10-8-12(3)4/h11-16,21,25H,7-10H2,1-6H3/t14-,15?,16?,20+/m1/s1. The normalized spacial score (nSPS) is 28.4. The summed E-state index contributed by atoms with van der Waals surface area (Å²) in [5, 5.41) is 21.7. The number of aliphatic hydroxyl groups is 2. The highest BCUT2D eigenvalue weighted by Gasteiger charge is 2.64. The molecule has 0 saturated heterocycles. The molecule has 25 heavy (non-hydrogen) atoms. The molecule has 1 saturated carbocycles. The molecular formula is C20H34O5. The lowest BCUT2D eigenvalue weighted by Gasteiger charge is -2.33. The summed E-state index contributed by atoms with van der Waals surface area (Å²) in [5.41, 5.74) is -2.14. The predicted octanol–water partition coefficient (Wildman–Crippen LogP) is 2.56. The zero-order valence-corrected chi connectivity index (χ0v) is 16.4. The van der Waals surface area contributed by atoms with Crippen LogP contribution in [-0.2, 0) is 14.4 Å². The Morgan fingerprint density at radius 1 is 1.00 bits per heavy atom. The van der Waals surface area contributed by atoms with Gasteiger partial charge in [-0.25, -0.2) is 0 Å². The van der Waals surface area contributed by atoms with E-state index in [1.54, 1.807) is 13.8 Å². The van der Waals surface area contributed by atoms with Gasteiger partial charge in [0.25, 0.3) is 0 Å². The monoisotopic (exact) mass is 354 g/mol. The molecule has 1 aliphatic carbocycles. The molecule has 1 aliphatic rings. The van der Waals surface area contributed by atoms with Crippen molar-refractivity contribution >= 4 is 17.3 Å². The van der Waals surface area contributed by atoms with Crippen LogP contribution in [0.3, 0.4) is 0 Å². The van der Waals surface area contributed by atoms with Crippen LogP contribution in [0.4, 0.5) is 0 Å². The van der Waals surface area contributed by atoms with E-state index in [4.69, 9.17) is 0 Å². The molecule has 5 nitrogen and oxygen atoms in total. The number of carbonyl (C=O) groups excluding carboxylic acids is 3. The van der Waals surface area contributed by atoms with Crippen LogP contribution < -0.4 is 0 Å². The van der Waals surface area contributed by atoms with Crippen LogP contribution in [0.2, 0.25) is 0 Å². The maximum atomic E-state index is 12.9. The van der Waals surface area contributed by atoms with E-state index in [1.807, 2.05) is 27.7 Å². The second kappa shape index (κ2) is 8.54. The molecule has 0 aromatic carbocycles. The number of aliphatic hydroxyl groups excluding tert-OH is 1. The second-order valence-electron chi connectivity index (χ2n) is 8.59. The molecule has 5 heteroatoms.